The van der Waals surface area contributed by atoms with Crippen molar-refractivity contribution in [2.75, 3.05) is 18.0 Å². The van der Waals surface area contributed by atoms with E-state index in [9.17, 15) is 13.2 Å². The molecule has 1 amide bonds. The molecule has 7 nitrogen and oxygen atoms in total. The Labute approximate surface area is 208 Å². The zero-order valence-corrected chi connectivity index (χ0v) is 21.1. The molecule has 0 unspecified atom stereocenters. The van der Waals surface area contributed by atoms with Crippen molar-refractivity contribution in [1.82, 2.24) is 4.57 Å². The third-order valence-corrected chi connectivity index (χ3v) is 8.19. The number of hydrogen-bond donors (Lipinski definition) is 0. The molecule has 180 valence electrons. The van der Waals surface area contributed by atoms with E-state index in [1.807, 2.05) is 35.8 Å². The Morgan fingerprint density at radius 1 is 1.11 bits per heavy atom. The van der Waals surface area contributed by atoms with E-state index >= 15 is 0 Å². The van der Waals surface area contributed by atoms with Crippen LogP contribution >= 0.6 is 11.3 Å². The predicted molar refractivity (Wildman–Crippen MR) is 140 cm³/mol. The Balaban J connectivity index is 1.65. The van der Waals surface area contributed by atoms with Gasteiger partial charge in [0.25, 0.3) is 15.9 Å². The minimum Gasteiger partial charge on any atom is -0.494 e. The number of fused-ring (bicyclic) bond motifs is 1. The molecule has 4 rings (SSSR count). The maximum atomic E-state index is 13.0. The number of benzene rings is 3. The molecule has 0 aliphatic carbocycles. The fourth-order valence-corrected chi connectivity index (χ4v) is 5.82. The minimum absolute atomic E-state index is 0.0902. The Morgan fingerprint density at radius 2 is 1.83 bits per heavy atom. The molecule has 0 N–H and O–H groups in total. The lowest BCUT2D eigenvalue weighted by molar-refractivity contribution is 0.0998. The van der Waals surface area contributed by atoms with Crippen molar-refractivity contribution in [3.8, 4) is 5.75 Å². The summed E-state index contributed by atoms with van der Waals surface area (Å²) in [5, 5.41) is 0. The fraction of sp³-hybridized carbons (Fsp3) is 0.154. The molecule has 1 heterocycles. The van der Waals surface area contributed by atoms with E-state index in [0.717, 1.165) is 16.0 Å². The van der Waals surface area contributed by atoms with Crippen molar-refractivity contribution < 1.29 is 17.9 Å². The Kier molecular flexibility index (Phi) is 7.18. The molecule has 0 fully saturated rings. The quantitative estimate of drug-likeness (QED) is 0.319. The molecule has 0 spiro atoms. The zero-order chi connectivity index (χ0) is 25.0. The largest absolute Gasteiger partial charge is 0.494 e. The Hall–Kier alpha value is -3.69. The van der Waals surface area contributed by atoms with Crippen molar-refractivity contribution >= 4 is 43.2 Å². The van der Waals surface area contributed by atoms with Gasteiger partial charge in [-0.3, -0.25) is 9.10 Å². The van der Waals surface area contributed by atoms with Gasteiger partial charge < -0.3 is 9.30 Å². The van der Waals surface area contributed by atoms with Gasteiger partial charge in [0.1, 0.15) is 5.75 Å². The van der Waals surface area contributed by atoms with Gasteiger partial charge in [-0.05, 0) is 61.5 Å². The molecule has 9 heteroatoms. The third-order valence-electron chi connectivity index (χ3n) is 5.35. The number of rotatable bonds is 8. The van der Waals surface area contributed by atoms with Crippen LogP contribution in [0.3, 0.4) is 0 Å². The van der Waals surface area contributed by atoms with Crippen LogP contribution in [0.25, 0.3) is 10.2 Å². The summed E-state index contributed by atoms with van der Waals surface area (Å²) >= 11 is 1.38. The number of anilines is 1. The van der Waals surface area contributed by atoms with Crippen molar-refractivity contribution in [2.45, 2.75) is 18.4 Å². The van der Waals surface area contributed by atoms with Crippen LogP contribution in [0.2, 0.25) is 0 Å². The van der Waals surface area contributed by atoms with Crippen LogP contribution in [0.5, 0.6) is 5.75 Å². The second-order valence-electron chi connectivity index (χ2n) is 7.60. The standard InChI is InChI=1S/C26H25N3O4S2/c1-4-17-29-23-16-13-21(33-5-2)18-24(23)34-26(29)27-25(30)19-11-14-22(15-12-19)35(31,32)28(3)20-9-7-6-8-10-20/h4,6-16,18H,1,5,17H2,2-3H3. The van der Waals surface area contributed by atoms with E-state index in [-0.39, 0.29) is 4.90 Å². The molecule has 0 aliphatic rings. The summed E-state index contributed by atoms with van der Waals surface area (Å²) in [6, 6.07) is 20.4. The average Bonchev–Trinajstić information content (AvgIpc) is 3.20. The van der Waals surface area contributed by atoms with Crippen LogP contribution in [0.1, 0.15) is 17.3 Å². The summed E-state index contributed by atoms with van der Waals surface area (Å²) in [6.07, 6.45) is 1.75. The highest BCUT2D eigenvalue weighted by Crippen LogP contribution is 2.24. The van der Waals surface area contributed by atoms with Gasteiger partial charge >= 0.3 is 0 Å². The topological polar surface area (TPSA) is 81.0 Å². The summed E-state index contributed by atoms with van der Waals surface area (Å²) < 4.78 is 35.6. The number of carbonyl (C=O) groups excluding carboxylic acids is 1. The summed E-state index contributed by atoms with van der Waals surface area (Å²) in [5.41, 5.74) is 1.77. The van der Waals surface area contributed by atoms with Crippen LogP contribution < -0.4 is 13.8 Å². The highest BCUT2D eigenvalue weighted by molar-refractivity contribution is 7.92. The first-order valence-corrected chi connectivity index (χ1v) is 13.2. The smallest absolute Gasteiger partial charge is 0.279 e. The van der Waals surface area contributed by atoms with Gasteiger partial charge in [0.05, 0.1) is 27.4 Å². The fourth-order valence-electron chi connectivity index (χ4n) is 3.56. The van der Waals surface area contributed by atoms with Crippen LogP contribution in [0.15, 0.2) is 95.3 Å². The second kappa shape index (κ2) is 10.3. The number of nitrogens with zero attached hydrogens (tertiary/aromatic N) is 3. The highest BCUT2D eigenvalue weighted by Gasteiger charge is 2.21. The number of aromatic nitrogens is 1. The van der Waals surface area contributed by atoms with E-state index in [1.165, 1.54) is 47.0 Å². The summed E-state index contributed by atoms with van der Waals surface area (Å²) in [4.78, 5) is 17.9. The molecular formula is C26H25N3O4S2. The summed E-state index contributed by atoms with van der Waals surface area (Å²) in [6.45, 7) is 6.78. The maximum Gasteiger partial charge on any atom is 0.279 e. The van der Waals surface area contributed by atoms with E-state index < -0.39 is 15.9 Å². The maximum absolute atomic E-state index is 13.0. The van der Waals surface area contributed by atoms with Crippen LogP contribution in [-0.2, 0) is 16.6 Å². The molecule has 4 aromatic rings. The number of para-hydroxylation sites is 1. The van der Waals surface area contributed by atoms with Gasteiger partial charge in [0.2, 0.25) is 0 Å². The van der Waals surface area contributed by atoms with Gasteiger partial charge in [-0.25, -0.2) is 8.42 Å². The van der Waals surface area contributed by atoms with Gasteiger partial charge in [-0.1, -0.05) is 35.6 Å². The number of amides is 1. The first-order valence-electron chi connectivity index (χ1n) is 11.0. The minimum atomic E-state index is -3.77. The molecule has 0 bridgehead atoms. The lowest BCUT2D eigenvalue weighted by atomic mass is 10.2. The lowest BCUT2D eigenvalue weighted by Gasteiger charge is -2.19. The lowest BCUT2D eigenvalue weighted by Crippen LogP contribution is -2.26. The molecule has 0 atom stereocenters. The van der Waals surface area contributed by atoms with Gasteiger partial charge in [0, 0.05) is 19.2 Å². The number of carbonyl (C=O) groups is 1. The van der Waals surface area contributed by atoms with Crippen LogP contribution in [0.4, 0.5) is 5.69 Å². The molecule has 0 saturated heterocycles. The van der Waals surface area contributed by atoms with Gasteiger partial charge in [-0.2, -0.15) is 4.99 Å². The molecule has 1 aromatic heterocycles. The monoisotopic (exact) mass is 507 g/mol. The van der Waals surface area contributed by atoms with E-state index in [1.54, 1.807) is 30.3 Å². The Bertz CT molecular complexity index is 1540. The zero-order valence-electron chi connectivity index (χ0n) is 19.4. The summed E-state index contributed by atoms with van der Waals surface area (Å²) in [5.74, 6) is 0.293. The molecule has 0 saturated carbocycles. The number of sulfonamides is 1. The van der Waals surface area contributed by atoms with Crippen molar-refractivity contribution in [2.24, 2.45) is 4.99 Å². The average molecular weight is 508 g/mol. The highest BCUT2D eigenvalue weighted by atomic mass is 32.2. The second-order valence-corrected chi connectivity index (χ2v) is 10.6. The van der Waals surface area contributed by atoms with E-state index in [2.05, 4.69) is 11.6 Å². The van der Waals surface area contributed by atoms with Crippen LogP contribution in [-0.4, -0.2) is 32.5 Å². The number of allylic oxidation sites excluding steroid dienone is 1. The molecule has 35 heavy (non-hydrogen) atoms. The number of ether oxygens (including phenoxy) is 1. The van der Waals surface area contributed by atoms with Crippen molar-refractivity contribution in [3.05, 3.63) is 95.8 Å². The molecular weight excluding hydrogens is 482 g/mol. The molecule has 0 aliphatic heterocycles. The first kappa shape index (κ1) is 24.4. The van der Waals surface area contributed by atoms with E-state index in [4.69, 9.17) is 4.74 Å². The van der Waals surface area contributed by atoms with Crippen molar-refractivity contribution in [3.63, 3.8) is 0 Å². The van der Waals surface area contributed by atoms with Crippen LogP contribution in [0, 0.1) is 0 Å². The van der Waals surface area contributed by atoms with Crippen molar-refractivity contribution in [1.29, 1.82) is 0 Å². The summed E-state index contributed by atoms with van der Waals surface area (Å²) in [7, 11) is -2.27. The normalized spacial score (nSPS) is 12.0. The van der Waals surface area contributed by atoms with E-state index in [0.29, 0.717) is 29.2 Å². The van der Waals surface area contributed by atoms with Gasteiger partial charge in [-0.15, -0.1) is 6.58 Å². The molecule has 3 aromatic carbocycles. The number of thiazole rings is 1. The Morgan fingerprint density at radius 3 is 2.49 bits per heavy atom. The first-order chi connectivity index (χ1) is 16.8. The SMILES string of the molecule is C=CCn1c(=NC(=O)c2ccc(S(=O)(=O)N(C)c3ccccc3)cc2)sc2cc(OCC)ccc21. The third kappa shape index (κ3) is 5.06. The van der Waals surface area contributed by atoms with Gasteiger partial charge in [0.15, 0.2) is 4.80 Å². The molecule has 0 radical (unpaired) electrons. The predicted octanol–water partition coefficient (Wildman–Crippen LogP) is 4.85. The number of hydrogen-bond acceptors (Lipinski definition) is 5.